The number of alkyl halides is 2. The van der Waals surface area contributed by atoms with Crippen molar-refractivity contribution in [3.63, 3.8) is 0 Å². The van der Waals surface area contributed by atoms with E-state index in [1.807, 2.05) is 0 Å². The maximum absolute atomic E-state index is 13.5. The molecule has 0 aliphatic carbocycles. The van der Waals surface area contributed by atoms with Crippen LogP contribution >= 0.6 is 11.6 Å². The number of halogens is 4. The second-order valence-electron chi connectivity index (χ2n) is 3.52. The van der Waals surface area contributed by atoms with Crippen LogP contribution in [0.2, 0.25) is 5.15 Å². The number of aromatic nitrogens is 2. The van der Waals surface area contributed by atoms with Gasteiger partial charge in [0.25, 0.3) is 6.43 Å². The highest BCUT2D eigenvalue weighted by Crippen LogP contribution is 2.30. The number of benzene rings is 1. The van der Waals surface area contributed by atoms with Crippen LogP contribution in [0.1, 0.15) is 22.5 Å². The van der Waals surface area contributed by atoms with E-state index in [0.717, 1.165) is 6.07 Å². The Morgan fingerprint density at radius 3 is 2.47 bits per heavy atom. The van der Waals surface area contributed by atoms with Crippen LogP contribution in [0.4, 0.5) is 13.2 Å². The molecule has 0 unspecified atom stereocenters. The van der Waals surface area contributed by atoms with Crippen molar-refractivity contribution in [3.05, 3.63) is 46.5 Å². The minimum Gasteiger partial charge on any atom is -0.478 e. The first kappa shape index (κ1) is 13.4. The van der Waals surface area contributed by atoms with Gasteiger partial charge in [-0.1, -0.05) is 23.7 Å². The van der Waals surface area contributed by atoms with E-state index in [1.54, 1.807) is 0 Å². The van der Waals surface area contributed by atoms with Crippen molar-refractivity contribution in [2.75, 3.05) is 0 Å². The fourth-order valence-electron chi connectivity index (χ4n) is 1.55. The maximum atomic E-state index is 13.5. The van der Waals surface area contributed by atoms with Crippen LogP contribution in [-0.2, 0) is 0 Å². The molecule has 0 saturated carbocycles. The Morgan fingerprint density at radius 1 is 1.37 bits per heavy atom. The molecule has 19 heavy (non-hydrogen) atoms. The summed E-state index contributed by atoms with van der Waals surface area (Å²) in [6.07, 6.45) is -3.13. The molecule has 2 aromatic rings. The normalized spacial score (nSPS) is 11.0. The Morgan fingerprint density at radius 2 is 2.00 bits per heavy atom. The topological polar surface area (TPSA) is 55.1 Å². The fraction of sp³-hybridized carbons (Fsp3) is 0.0909. The molecule has 4 nitrogen and oxygen atoms in total. The number of hydrogen-bond donors (Lipinski definition) is 1. The van der Waals surface area contributed by atoms with Crippen molar-refractivity contribution < 1.29 is 23.1 Å². The van der Waals surface area contributed by atoms with Gasteiger partial charge in [-0.3, -0.25) is 0 Å². The molecule has 0 aliphatic heterocycles. The number of carboxylic acid groups (broad SMARTS) is 1. The third-order valence-corrected chi connectivity index (χ3v) is 2.71. The average molecular weight is 291 g/mol. The molecule has 1 heterocycles. The number of rotatable bonds is 3. The second kappa shape index (κ2) is 4.93. The number of nitrogens with zero attached hydrogens (tertiary/aromatic N) is 2. The van der Waals surface area contributed by atoms with Crippen LogP contribution in [0, 0.1) is 5.82 Å². The molecule has 1 N–H and O–H groups in total. The summed E-state index contributed by atoms with van der Waals surface area (Å²) in [7, 11) is 0. The summed E-state index contributed by atoms with van der Waals surface area (Å²) in [5.74, 6) is -2.41. The van der Waals surface area contributed by atoms with Crippen LogP contribution in [0.3, 0.4) is 0 Å². The summed E-state index contributed by atoms with van der Waals surface area (Å²) in [6, 6.07) is 5.16. The van der Waals surface area contributed by atoms with Crippen molar-refractivity contribution in [2.24, 2.45) is 0 Å². The first-order chi connectivity index (χ1) is 8.93. The van der Waals surface area contributed by atoms with E-state index >= 15 is 0 Å². The Kier molecular flexibility index (Phi) is 3.48. The molecule has 0 amide bonds. The molecular weight excluding hydrogens is 285 g/mol. The highest BCUT2D eigenvalue weighted by atomic mass is 35.5. The molecule has 0 saturated heterocycles. The van der Waals surface area contributed by atoms with E-state index in [-0.39, 0.29) is 5.69 Å². The minimum atomic E-state index is -3.13. The largest absolute Gasteiger partial charge is 0.478 e. The van der Waals surface area contributed by atoms with Crippen molar-refractivity contribution >= 4 is 17.6 Å². The van der Waals surface area contributed by atoms with Gasteiger partial charge in [0.05, 0.1) is 0 Å². The number of aromatic carboxylic acids is 1. The molecule has 8 heteroatoms. The van der Waals surface area contributed by atoms with Crippen LogP contribution in [0.25, 0.3) is 5.69 Å². The summed E-state index contributed by atoms with van der Waals surface area (Å²) in [5.41, 5.74) is -2.04. The Hall–Kier alpha value is -2.02. The molecule has 0 bridgehead atoms. The van der Waals surface area contributed by atoms with Gasteiger partial charge in [0.2, 0.25) is 0 Å². The highest BCUT2D eigenvalue weighted by Gasteiger charge is 2.29. The molecule has 1 aromatic heterocycles. The molecule has 2 rings (SSSR count). The van der Waals surface area contributed by atoms with Gasteiger partial charge in [-0.15, -0.1) is 0 Å². The second-order valence-corrected chi connectivity index (χ2v) is 3.88. The van der Waals surface area contributed by atoms with Crippen molar-refractivity contribution in [2.45, 2.75) is 6.43 Å². The zero-order valence-electron chi connectivity index (χ0n) is 9.15. The lowest BCUT2D eigenvalue weighted by Gasteiger charge is -2.03. The van der Waals surface area contributed by atoms with E-state index in [1.165, 1.54) is 18.2 Å². The van der Waals surface area contributed by atoms with Crippen molar-refractivity contribution in [1.29, 1.82) is 0 Å². The number of para-hydroxylation sites is 1. The quantitative estimate of drug-likeness (QED) is 0.943. The molecule has 100 valence electrons. The first-order valence-electron chi connectivity index (χ1n) is 4.98. The molecule has 0 atom stereocenters. The molecule has 1 aromatic carbocycles. The molecule has 0 radical (unpaired) electrons. The zero-order chi connectivity index (χ0) is 14.2. The minimum absolute atomic E-state index is 0.207. The van der Waals surface area contributed by atoms with Gasteiger partial charge in [0, 0.05) is 0 Å². The Labute approximate surface area is 110 Å². The van der Waals surface area contributed by atoms with Gasteiger partial charge in [-0.25, -0.2) is 22.6 Å². The third kappa shape index (κ3) is 2.28. The summed E-state index contributed by atoms with van der Waals surface area (Å²) in [6.45, 7) is 0. The standard InChI is InChI=1S/C11H6ClF3N2O2/c12-9-7(11(18)19)8(10(14)15)16-17(9)6-4-2-1-3-5(6)13/h1-4,10H,(H,18,19). The van der Waals surface area contributed by atoms with Gasteiger partial charge >= 0.3 is 5.97 Å². The summed E-state index contributed by atoms with van der Waals surface area (Å²) in [4.78, 5) is 10.9. The number of carbonyl (C=O) groups is 1. The highest BCUT2D eigenvalue weighted by molar-refractivity contribution is 6.33. The molecule has 0 fully saturated rings. The van der Waals surface area contributed by atoms with E-state index in [0.29, 0.717) is 4.68 Å². The summed E-state index contributed by atoms with van der Waals surface area (Å²) in [5, 5.41) is 11.7. The molecular formula is C11H6ClF3N2O2. The van der Waals surface area contributed by atoms with Crippen molar-refractivity contribution in [3.8, 4) is 5.69 Å². The fourth-order valence-corrected chi connectivity index (χ4v) is 1.85. The monoisotopic (exact) mass is 290 g/mol. The number of hydrogen-bond acceptors (Lipinski definition) is 2. The lowest BCUT2D eigenvalue weighted by atomic mass is 10.2. The third-order valence-electron chi connectivity index (χ3n) is 2.36. The van der Waals surface area contributed by atoms with Crippen LogP contribution in [0.15, 0.2) is 24.3 Å². The van der Waals surface area contributed by atoms with Gasteiger partial charge < -0.3 is 5.11 Å². The zero-order valence-corrected chi connectivity index (χ0v) is 9.90. The predicted molar refractivity (Wildman–Crippen MR) is 60.4 cm³/mol. The van der Waals surface area contributed by atoms with E-state index in [2.05, 4.69) is 5.10 Å². The molecule has 0 aliphatic rings. The Bertz CT molecular complexity index is 643. The maximum Gasteiger partial charge on any atom is 0.341 e. The van der Waals surface area contributed by atoms with E-state index < -0.39 is 34.6 Å². The van der Waals surface area contributed by atoms with Crippen LogP contribution in [-0.4, -0.2) is 20.9 Å². The van der Waals surface area contributed by atoms with Gasteiger partial charge in [-0.05, 0) is 12.1 Å². The summed E-state index contributed by atoms with van der Waals surface area (Å²) < 4.78 is 39.6. The van der Waals surface area contributed by atoms with Crippen LogP contribution in [0.5, 0.6) is 0 Å². The van der Waals surface area contributed by atoms with Gasteiger partial charge in [-0.2, -0.15) is 5.10 Å². The van der Waals surface area contributed by atoms with Crippen LogP contribution < -0.4 is 0 Å². The van der Waals surface area contributed by atoms with E-state index in [4.69, 9.17) is 16.7 Å². The SMILES string of the molecule is O=C(O)c1c(C(F)F)nn(-c2ccccc2F)c1Cl. The smallest absolute Gasteiger partial charge is 0.341 e. The predicted octanol–water partition coefficient (Wildman–Crippen LogP) is 3.30. The van der Waals surface area contributed by atoms with Gasteiger partial charge in [0.15, 0.2) is 0 Å². The molecule has 0 spiro atoms. The first-order valence-corrected chi connectivity index (χ1v) is 5.36. The summed E-state index contributed by atoms with van der Waals surface area (Å²) >= 11 is 5.69. The van der Waals surface area contributed by atoms with Crippen molar-refractivity contribution in [1.82, 2.24) is 9.78 Å². The lowest BCUT2D eigenvalue weighted by molar-refractivity contribution is 0.0684. The average Bonchev–Trinajstić information content (AvgIpc) is 2.68. The van der Waals surface area contributed by atoms with E-state index in [9.17, 15) is 18.0 Å². The number of carboxylic acids is 1. The van der Waals surface area contributed by atoms with Gasteiger partial charge in [0.1, 0.15) is 27.9 Å². The Balaban J connectivity index is 2.70. The lowest BCUT2D eigenvalue weighted by Crippen LogP contribution is -2.01.